The first-order chi connectivity index (χ1) is 36.6. The number of anilines is 6. The number of benzene rings is 6. The van der Waals surface area contributed by atoms with Gasteiger partial charge in [0.25, 0.3) is 0 Å². The SMILES string of the molecule is c1cc(N(c2ccc(COC3CCCCO3)cc2)c2ccc(COC3CCCCO3)cc2)ccc1CCCCc1ccc(N(c2ccc(COC3CCCCO3)cc2)c2ccc(COC3CCCCO3)cc2)cc1. The van der Waals surface area contributed by atoms with E-state index in [2.05, 4.69) is 155 Å². The van der Waals surface area contributed by atoms with Crippen molar-refractivity contribution in [1.29, 1.82) is 0 Å². The topological polar surface area (TPSA) is 80.3 Å². The van der Waals surface area contributed by atoms with Crippen molar-refractivity contribution in [3.8, 4) is 0 Å². The summed E-state index contributed by atoms with van der Waals surface area (Å²) in [4.78, 5) is 4.66. The molecule has 6 aromatic carbocycles. The van der Waals surface area contributed by atoms with E-state index in [1.807, 2.05) is 0 Å². The summed E-state index contributed by atoms with van der Waals surface area (Å²) in [5.74, 6) is 0. The molecule has 10 nitrogen and oxygen atoms in total. The van der Waals surface area contributed by atoms with Crippen LogP contribution in [0.25, 0.3) is 0 Å². The van der Waals surface area contributed by atoms with Gasteiger partial charge in [-0.2, -0.15) is 0 Å². The molecule has 10 heteroatoms. The fourth-order valence-electron chi connectivity index (χ4n) is 10.3. The lowest BCUT2D eigenvalue weighted by molar-refractivity contribution is -0.169. The van der Waals surface area contributed by atoms with Crippen LogP contribution in [-0.2, 0) is 77.2 Å². The monoisotopic (exact) mass is 1000 g/mol. The van der Waals surface area contributed by atoms with Crippen LogP contribution in [0.3, 0.4) is 0 Å². The number of hydrogen-bond donors (Lipinski definition) is 0. The van der Waals surface area contributed by atoms with Gasteiger partial charge in [0.2, 0.25) is 0 Å². The second kappa shape index (κ2) is 27.4. The minimum Gasteiger partial charge on any atom is -0.353 e. The van der Waals surface area contributed by atoms with E-state index >= 15 is 0 Å². The first-order valence-electron chi connectivity index (χ1n) is 27.7. The van der Waals surface area contributed by atoms with Crippen molar-refractivity contribution in [2.75, 3.05) is 36.2 Å². The van der Waals surface area contributed by atoms with Gasteiger partial charge in [-0.25, -0.2) is 0 Å². The maximum atomic E-state index is 6.11. The fraction of sp³-hybridized carbons (Fsp3) is 0.438. The molecule has 0 bridgehead atoms. The maximum Gasteiger partial charge on any atom is 0.158 e. The molecular weight excluding hydrogens is 925 g/mol. The van der Waals surface area contributed by atoms with Crippen LogP contribution in [0.5, 0.6) is 0 Å². The third-order valence-electron chi connectivity index (χ3n) is 14.6. The third-order valence-corrected chi connectivity index (χ3v) is 14.6. The molecule has 4 heterocycles. The van der Waals surface area contributed by atoms with Gasteiger partial charge in [-0.3, -0.25) is 0 Å². The van der Waals surface area contributed by atoms with E-state index in [1.54, 1.807) is 0 Å². The predicted octanol–water partition coefficient (Wildman–Crippen LogP) is 15.4. The Morgan fingerprint density at radius 1 is 0.284 bits per heavy atom. The van der Waals surface area contributed by atoms with Gasteiger partial charge in [0.05, 0.1) is 26.4 Å². The molecule has 4 fully saturated rings. The molecule has 4 unspecified atom stereocenters. The largest absolute Gasteiger partial charge is 0.353 e. The van der Waals surface area contributed by atoms with E-state index in [1.165, 1.54) is 11.1 Å². The maximum absolute atomic E-state index is 6.11. The number of unbranched alkanes of at least 4 members (excludes halogenated alkanes) is 1. The van der Waals surface area contributed by atoms with Gasteiger partial charge in [-0.1, -0.05) is 72.8 Å². The van der Waals surface area contributed by atoms with Crippen molar-refractivity contribution in [2.24, 2.45) is 0 Å². The standard InChI is InChI=1S/C64H76N2O8/c1(11-49-17-29-55(30-18-49)65(57-33-21-51(22-34-57)45-71-61-13-3-7-41-67-61)58-35-23-52(24-36-58)46-72-62-14-4-8-42-68-62)2-12-50-19-31-56(32-20-50)66(59-37-25-53(26-38-59)47-73-63-15-5-9-43-69-63)60-39-27-54(28-40-60)48-74-64-16-6-10-44-70-64/h17-40,61-64H,1-16,41-48H2. The molecule has 0 spiro atoms. The quantitative estimate of drug-likeness (QED) is 0.0579. The highest BCUT2D eigenvalue weighted by atomic mass is 16.7. The van der Waals surface area contributed by atoms with Crippen LogP contribution in [0.2, 0.25) is 0 Å². The highest BCUT2D eigenvalue weighted by molar-refractivity contribution is 5.78. The number of hydrogen-bond acceptors (Lipinski definition) is 10. The summed E-state index contributed by atoms with van der Waals surface area (Å²) >= 11 is 0. The molecule has 74 heavy (non-hydrogen) atoms. The molecule has 4 atom stereocenters. The molecule has 0 saturated carbocycles. The summed E-state index contributed by atoms with van der Waals surface area (Å²) in [5.41, 5.74) is 13.8. The van der Waals surface area contributed by atoms with E-state index in [0.29, 0.717) is 26.4 Å². The second-order valence-corrected chi connectivity index (χ2v) is 20.3. The van der Waals surface area contributed by atoms with Crippen LogP contribution in [0, 0.1) is 0 Å². The van der Waals surface area contributed by atoms with Crippen LogP contribution in [0.4, 0.5) is 34.1 Å². The van der Waals surface area contributed by atoms with E-state index in [4.69, 9.17) is 37.9 Å². The van der Waals surface area contributed by atoms with Gasteiger partial charge < -0.3 is 47.7 Å². The number of nitrogens with zero attached hydrogens (tertiary/aromatic N) is 2. The van der Waals surface area contributed by atoms with E-state index in [0.717, 1.165) is 186 Å². The van der Waals surface area contributed by atoms with Gasteiger partial charge in [0, 0.05) is 60.6 Å². The zero-order valence-electron chi connectivity index (χ0n) is 43.3. The molecule has 0 aliphatic carbocycles. The smallest absolute Gasteiger partial charge is 0.158 e. The van der Waals surface area contributed by atoms with Gasteiger partial charge in [0.1, 0.15) is 0 Å². The molecular formula is C64H76N2O8. The summed E-state index contributed by atoms with van der Waals surface area (Å²) in [7, 11) is 0. The molecule has 4 saturated heterocycles. The Bertz CT molecular complexity index is 2220. The number of rotatable bonds is 23. The lowest BCUT2D eigenvalue weighted by atomic mass is 10.0. The van der Waals surface area contributed by atoms with E-state index in [9.17, 15) is 0 Å². The van der Waals surface area contributed by atoms with Gasteiger partial charge in [0.15, 0.2) is 25.2 Å². The normalized spacial score (nSPS) is 20.3. The zero-order valence-corrected chi connectivity index (χ0v) is 43.3. The summed E-state index contributed by atoms with van der Waals surface area (Å²) < 4.78 is 47.7. The van der Waals surface area contributed by atoms with E-state index < -0.39 is 0 Å². The molecule has 4 aliphatic heterocycles. The van der Waals surface area contributed by atoms with Crippen LogP contribution in [0.15, 0.2) is 146 Å². The Labute approximate surface area is 439 Å². The fourth-order valence-corrected chi connectivity index (χ4v) is 10.3. The first kappa shape index (κ1) is 52.1. The Balaban J connectivity index is 0.767. The minimum atomic E-state index is -0.110. The van der Waals surface area contributed by atoms with Crippen molar-refractivity contribution in [3.05, 3.63) is 179 Å². The second-order valence-electron chi connectivity index (χ2n) is 20.3. The highest BCUT2D eigenvalue weighted by Crippen LogP contribution is 2.37. The molecule has 0 radical (unpaired) electrons. The molecule has 0 aromatic heterocycles. The molecule has 0 amide bonds. The summed E-state index contributed by atoms with van der Waals surface area (Å²) in [6.45, 7) is 5.27. The lowest BCUT2D eigenvalue weighted by Crippen LogP contribution is -2.22. The lowest BCUT2D eigenvalue weighted by Gasteiger charge is -2.27. The Morgan fingerprint density at radius 3 is 0.703 bits per heavy atom. The highest BCUT2D eigenvalue weighted by Gasteiger charge is 2.20. The van der Waals surface area contributed by atoms with Crippen LogP contribution in [0.1, 0.15) is 123 Å². The van der Waals surface area contributed by atoms with Gasteiger partial charge >= 0.3 is 0 Å². The molecule has 0 N–H and O–H groups in total. The van der Waals surface area contributed by atoms with Crippen molar-refractivity contribution in [3.63, 3.8) is 0 Å². The van der Waals surface area contributed by atoms with Crippen LogP contribution >= 0.6 is 0 Å². The van der Waals surface area contributed by atoms with Crippen molar-refractivity contribution in [2.45, 2.75) is 154 Å². The van der Waals surface area contributed by atoms with Gasteiger partial charge in [-0.05, 0) is 209 Å². The Morgan fingerprint density at radius 2 is 0.500 bits per heavy atom. The van der Waals surface area contributed by atoms with E-state index in [-0.39, 0.29) is 25.2 Å². The van der Waals surface area contributed by atoms with Gasteiger partial charge in [-0.15, -0.1) is 0 Å². The van der Waals surface area contributed by atoms with Crippen LogP contribution in [-0.4, -0.2) is 51.6 Å². The Kier molecular flexibility index (Phi) is 19.3. The average molecular weight is 1000 g/mol. The summed E-state index contributed by atoms with van der Waals surface area (Å²) in [5, 5.41) is 0. The predicted molar refractivity (Wildman–Crippen MR) is 292 cm³/mol. The molecule has 390 valence electrons. The molecule has 6 aromatic rings. The third kappa shape index (κ3) is 15.1. The average Bonchev–Trinajstić information content (AvgIpc) is 3.47. The zero-order chi connectivity index (χ0) is 50.0. The van der Waals surface area contributed by atoms with Crippen molar-refractivity contribution in [1.82, 2.24) is 0 Å². The van der Waals surface area contributed by atoms with Crippen LogP contribution < -0.4 is 9.80 Å². The van der Waals surface area contributed by atoms with Crippen molar-refractivity contribution >= 4 is 34.1 Å². The summed E-state index contributed by atoms with van der Waals surface area (Å²) in [6.07, 6.45) is 16.7. The molecule has 10 rings (SSSR count). The molecule has 4 aliphatic rings. The number of aryl methyl sites for hydroxylation is 2. The number of ether oxygens (including phenoxy) is 8. The Hall–Kier alpha value is -5.40. The summed E-state index contributed by atoms with van der Waals surface area (Å²) in [6, 6.07) is 53.1. The van der Waals surface area contributed by atoms with Crippen molar-refractivity contribution < 1.29 is 37.9 Å². The first-order valence-corrected chi connectivity index (χ1v) is 27.7. The minimum absolute atomic E-state index is 0.110.